The first-order chi connectivity index (χ1) is 10.1. The molecule has 0 spiro atoms. The second kappa shape index (κ2) is 5.87. The molecule has 21 heavy (non-hydrogen) atoms. The number of imidazole rings is 1. The second-order valence-electron chi connectivity index (χ2n) is 5.26. The standard InChI is InChI=1S/C13H18ClN3O2S2/c1-2-17(10-6-4-3-5-7-10)21(18,19)12-11(14)15-13-16(12)8-9-20-13/h8-10H,2-7H2,1H3. The molecule has 0 radical (unpaired) electrons. The zero-order valence-corrected chi connectivity index (χ0v) is 14.2. The Hall–Kier alpha value is -0.630. The molecule has 2 aromatic heterocycles. The molecule has 1 aliphatic rings. The number of fused-ring (bicyclic) bond motifs is 1. The predicted octanol–water partition coefficient (Wildman–Crippen LogP) is 3.39. The molecule has 116 valence electrons. The van der Waals surface area contributed by atoms with E-state index in [0.717, 1.165) is 25.7 Å². The Bertz CT molecular complexity index is 732. The molecular formula is C13H18ClN3O2S2. The number of rotatable bonds is 4. The fourth-order valence-electron chi connectivity index (χ4n) is 3.07. The van der Waals surface area contributed by atoms with Gasteiger partial charge in [-0.05, 0) is 12.8 Å². The van der Waals surface area contributed by atoms with Crippen LogP contribution in [0.15, 0.2) is 16.6 Å². The molecule has 0 unspecified atom stereocenters. The third-order valence-corrected chi connectivity index (χ3v) is 7.21. The Morgan fingerprint density at radius 1 is 1.43 bits per heavy atom. The first kappa shape index (κ1) is 15.3. The lowest BCUT2D eigenvalue weighted by Gasteiger charge is -2.32. The van der Waals surface area contributed by atoms with Crippen LogP contribution in [-0.2, 0) is 10.0 Å². The maximum atomic E-state index is 13.0. The van der Waals surface area contributed by atoms with Crippen LogP contribution in [0.25, 0.3) is 4.96 Å². The van der Waals surface area contributed by atoms with Crippen molar-refractivity contribution in [1.29, 1.82) is 0 Å². The van der Waals surface area contributed by atoms with Crippen LogP contribution in [-0.4, -0.2) is 34.7 Å². The molecule has 3 rings (SSSR count). The third-order valence-electron chi connectivity index (χ3n) is 4.03. The van der Waals surface area contributed by atoms with Gasteiger partial charge in [0.1, 0.15) is 0 Å². The minimum absolute atomic E-state index is 0.0658. The lowest BCUT2D eigenvalue weighted by molar-refractivity contribution is 0.260. The Morgan fingerprint density at radius 2 is 2.14 bits per heavy atom. The number of hydrogen-bond acceptors (Lipinski definition) is 4. The van der Waals surface area contributed by atoms with Crippen molar-refractivity contribution in [3.8, 4) is 0 Å². The fraction of sp³-hybridized carbons (Fsp3) is 0.615. The van der Waals surface area contributed by atoms with E-state index >= 15 is 0 Å². The maximum Gasteiger partial charge on any atom is 0.262 e. The first-order valence-electron chi connectivity index (χ1n) is 7.18. The van der Waals surface area contributed by atoms with Gasteiger partial charge in [-0.25, -0.2) is 13.4 Å². The highest BCUT2D eigenvalue weighted by atomic mass is 35.5. The minimum atomic E-state index is -3.63. The molecule has 1 saturated carbocycles. The largest absolute Gasteiger partial charge is 0.279 e. The Balaban J connectivity index is 2.05. The average Bonchev–Trinajstić information content (AvgIpc) is 2.99. The van der Waals surface area contributed by atoms with Crippen LogP contribution in [0.1, 0.15) is 39.0 Å². The molecule has 5 nitrogen and oxygen atoms in total. The SMILES string of the molecule is CCN(C1CCCCC1)S(=O)(=O)c1c(Cl)nc2sccn12. The highest BCUT2D eigenvalue weighted by Gasteiger charge is 2.35. The van der Waals surface area contributed by atoms with Crippen molar-refractivity contribution < 1.29 is 8.42 Å². The topological polar surface area (TPSA) is 54.7 Å². The zero-order valence-electron chi connectivity index (χ0n) is 11.8. The van der Waals surface area contributed by atoms with E-state index in [1.165, 1.54) is 17.8 Å². The summed E-state index contributed by atoms with van der Waals surface area (Å²) in [6, 6.07) is 0.0778. The molecule has 0 aliphatic heterocycles. The van der Waals surface area contributed by atoms with Crippen molar-refractivity contribution >= 4 is 37.9 Å². The number of aromatic nitrogens is 2. The van der Waals surface area contributed by atoms with Gasteiger partial charge in [-0.1, -0.05) is 37.8 Å². The lowest BCUT2D eigenvalue weighted by atomic mass is 9.95. The summed E-state index contributed by atoms with van der Waals surface area (Å²) < 4.78 is 29.3. The van der Waals surface area contributed by atoms with Crippen LogP contribution in [0.4, 0.5) is 0 Å². The van der Waals surface area contributed by atoms with Gasteiger partial charge in [0.05, 0.1) is 0 Å². The highest BCUT2D eigenvalue weighted by molar-refractivity contribution is 7.89. The van der Waals surface area contributed by atoms with E-state index in [0.29, 0.717) is 11.5 Å². The van der Waals surface area contributed by atoms with Crippen LogP contribution >= 0.6 is 22.9 Å². The molecule has 1 fully saturated rings. The van der Waals surface area contributed by atoms with Crippen LogP contribution in [0, 0.1) is 0 Å². The molecule has 0 N–H and O–H groups in total. The third kappa shape index (κ3) is 2.60. The van der Waals surface area contributed by atoms with Gasteiger partial charge in [-0.3, -0.25) is 4.40 Å². The first-order valence-corrected chi connectivity index (χ1v) is 9.88. The van der Waals surface area contributed by atoms with Gasteiger partial charge >= 0.3 is 0 Å². The van der Waals surface area contributed by atoms with Crippen molar-refractivity contribution in [2.45, 2.75) is 50.1 Å². The maximum absolute atomic E-state index is 13.0. The van der Waals surface area contributed by atoms with Gasteiger partial charge in [-0.2, -0.15) is 4.31 Å². The molecule has 0 bridgehead atoms. The Morgan fingerprint density at radius 3 is 2.81 bits per heavy atom. The van der Waals surface area contributed by atoms with Crippen molar-refractivity contribution in [3.05, 3.63) is 16.7 Å². The molecule has 0 amide bonds. The van der Waals surface area contributed by atoms with E-state index in [1.807, 2.05) is 12.3 Å². The smallest absolute Gasteiger partial charge is 0.262 e. The summed E-state index contributed by atoms with van der Waals surface area (Å²) in [6.07, 6.45) is 6.93. The van der Waals surface area contributed by atoms with Gasteiger partial charge < -0.3 is 0 Å². The number of thiazole rings is 1. The molecule has 0 saturated heterocycles. The summed E-state index contributed by atoms with van der Waals surface area (Å²) >= 11 is 7.48. The van der Waals surface area contributed by atoms with Crippen molar-refractivity contribution in [3.63, 3.8) is 0 Å². The minimum Gasteiger partial charge on any atom is -0.279 e. The number of sulfonamides is 1. The van der Waals surface area contributed by atoms with Gasteiger partial charge in [0, 0.05) is 24.2 Å². The summed E-state index contributed by atoms with van der Waals surface area (Å²) in [5.74, 6) is 0. The summed E-state index contributed by atoms with van der Waals surface area (Å²) in [7, 11) is -3.63. The molecule has 1 aliphatic carbocycles. The van der Waals surface area contributed by atoms with E-state index < -0.39 is 10.0 Å². The van der Waals surface area contributed by atoms with E-state index in [-0.39, 0.29) is 16.2 Å². The summed E-state index contributed by atoms with van der Waals surface area (Å²) in [5, 5.41) is 1.98. The van der Waals surface area contributed by atoms with Crippen LogP contribution in [0.3, 0.4) is 0 Å². The quantitative estimate of drug-likeness (QED) is 0.851. The number of nitrogens with zero attached hydrogens (tertiary/aromatic N) is 3. The van der Waals surface area contributed by atoms with Crippen molar-refractivity contribution in [2.75, 3.05) is 6.54 Å². The molecule has 0 aromatic carbocycles. The van der Waals surface area contributed by atoms with Crippen LogP contribution < -0.4 is 0 Å². The molecule has 0 atom stereocenters. The van der Waals surface area contributed by atoms with E-state index in [9.17, 15) is 8.42 Å². The summed E-state index contributed by atoms with van der Waals surface area (Å²) in [6.45, 7) is 2.34. The predicted molar refractivity (Wildman–Crippen MR) is 84.5 cm³/mol. The average molecular weight is 348 g/mol. The van der Waals surface area contributed by atoms with E-state index in [2.05, 4.69) is 4.98 Å². The zero-order chi connectivity index (χ0) is 15.0. The van der Waals surface area contributed by atoms with Crippen LogP contribution in [0.2, 0.25) is 5.15 Å². The summed E-state index contributed by atoms with van der Waals surface area (Å²) in [4.78, 5) is 4.75. The van der Waals surface area contributed by atoms with Crippen LogP contribution in [0.5, 0.6) is 0 Å². The molecule has 2 aromatic rings. The van der Waals surface area contributed by atoms with Crippen molar-refractivity contribution in [2.24, 2.45) is 0 Å². The summed E-state index contributed by atoms with van der Waals surface area (Å²) in [5.41, 5.74) is 0. The molecule has 8 heteroatoms. The van der Waals surface area contributed by atoms with Gasteiger partial charge in [0.25, 0.3) is 10.0 Å². The molecular weight excluding hydrogens is 330 g/mol. The Kier molecular flexibility index (Phi) is 4.27. The fourth-order valence-corrected chi connectivity index (χ4v) is 6.18. The second-order valence-corrected chi connectivity index (χ2v) is 8.30. The van der Waals surface area contributed by atoms with Crippen molar-refractivity contribution in [1.82, 2.24) is 13.7 Å². The lowest BCUT2D eigenvalue weighted by Crippen LogP contribution is -2.41. The van der Waals surface area contributed by atoms with Gasteiger partial charge in [-0.15, -0.1) is 11.3 Å². The van der Waals surface area contributed by atoms with Gasteiger partial charge in [0.2, 0.25) is 0 Å². The monoisotopic (exact) mass is 347 g/mol. The van der Waals surface area contributed by atoms with E-state index in [1.54, 1.807) is 14.9 Å². The number of halogens is 1. The molecule has 2 heterocycles. The van der Waals surface area contributed by atoms with Gasteiger partial charge in [0.15, 0.2) is 15.1 Å². The normalized spacial score (nSPS) is 17.9. The number of hydrogen-bond donors (Lipinski definition) is 0. The highest BCUT2D eigenvalue weighted by Crippen LogP contribution is 2.32. The Labute approximate surface area is 133 Å². The van der Waals surface area contributed by atoms with E-state index in [4.69, 9.17) is 11.6 Å².